The lowest BCUT2D eigenvalue weighted by Gasteiger charge is -2.29. The molecule has 0 bridgehead atoms. The van der Waals surface area contributed by atoms with Crippen LogP contribution in [0.25, 0.3) is 0 Å². The zero-order valence-corrected chi connectivity index (χ0v) is 15.2. The molecule has 0 unspecified atom stereocenters. The molecule has 6 heteroatoms. The summed E-state index contributed by atoms with van der Waals surface area (Å²) in [5, 5.41) is 2.88. The van der Waals surface area contributed by atoms with Gasteiger partial charge in [-0.2, -0.15) is 0 Å². The monoisotopic (exact) mass is 356 g/mol. The van der Waals surface area contributed by atoms with Crippen molar-refractivity contribution in [2.75, 3.05) is 50.2 Å². The molecule has 0 aliphatic carbocycles. The highest BCUT2D eigenvalue weighted by Crippen LogP contribution is 2.30. The number of nitrogens with zero attached hydrogens (tertiary/aromatic N) is 1. The number of aryl methyl sites for hydroxylation is 1. The molecule has 1 amide bonds. The molecule has 1 aliphatic rings. The van der Waals surface area contributed by atoms with Gasteiger partial charge >= 0.3 is 0 Å². The Morgan fingerprint density at radius 2 is 1.88 bits per heavy atom. The first kappa shape index (κ1) is 18.1. The molecule has 3 rings (SSSR count). The molecule has 1 aliphatic heterocycles. The van der Waals surface area contributed by atoms with Crippen LogP contribution in [0.1, 0.15) is 5.56 Å². The molecule has 2 aromatic carbocycles. The van der Waals surface area contributed by atoms with Gasteiger partial charge in [-0.1, -0.05) is 17.7 Å². The van der Waals surface area contributed by atoms with E-state index in [9.17, 15) is 4.79 Å². The second-order valence-electron chi connectivity index (χ2n) is 6.13. The Bertz CT molecular complexity index is 740. The number of hydrogen-bond donors (Lipinski definition) is 1. The maximum absolute atomic E-state index is 12.3. The van der Waals surface area contributed by atoms with Gasteiger partial charge in [0.2, 0.25) is 0 Å². The average Bonchev–Trinajstić information content (AvgIpc) is 2.68. The number of hydrogen-bond acceptors (Lipinski definition) is 5. The van der Waals surface area contributed by atoms with Crippen LogP contribution in [0.2, 0.25) is 0 Å². The third kappa shape index (κ3) is 4.67. The van der Waals surface area contributed by atoms with Gasteiger partial charge in [0, 0.05) is 18.8 Å². The number of ether oxygens (including phenoxy) is 3. The number of carbonyl (C=O) groups is 1. The van der Waals surface area contributed by atoms with Crippen molar-refractivity contribution in [3.63, 3.8) is 0 Å². The normalized spacial score (nSPS) is 14.0. The molecule has 1 N–H and O–H groups in total. The van der Waals surface area contributed by atoms with Crippen molar-refractivity contribution >= 4 is 17.3 Å². The van der Waals surface area contributed by atoms with Gasteiger partial charge in [0.1, 0.15) is 11.5 Å². The third-order valence-electron chi connectivity index (χ3n) is 4.22. The molecular formula is C20H24N2O4. The lowest BCUT2D eigenvalue weighted by atomic mass is 10.2. The zero-order chi connectivity index (χ0) is 18.4. The first-order valence-corrected chi connectivity index (χ1v) is 8.66. The maximum Gasteiger partial charge on any atom is 0.262 e. The number of nitrogens with one attached hydrogen (secondary N) is 1. The lowest BCUT2D eigenvalue weighted by molar-refractivity contribution is -0.118. The molecule has 6 nitrogen and oxygen atoms in total. The van der Waals surface area contributed by atoms with Crippen molar-refractivity contribution in [1.82, 2.24) is 0 Å². The van der Waals surface area contributed by atoms with E-state index in [0.29, 0.717) is 30.4 Å². The Morgan fingerprint density at radius 1 is 1.15 bits per heavy atom. The summed E-state index contributed by atoms with van der Waals surface area (Å²) in [5.74, 6) is 1.05. The molecule has 0 radical (unpaired) electrons. The summed E-state index contributed by atoms with van der Waals surface area (Å²) < 4.78 is 16.3. The summed E-state index contributed by atoms with van der Waals surface area (Å²) in [6.45, 7) is 5.01. The predicted octanol–water partition coefficient (Wildman–Crippen LogP) is 2.86. The first-order chi connectivity index (χ1) is 12.7. The Hall–Kier alpha value is -2.73. The quantitative estimate of drug-likeness (QED) is 0.862. The third-order valence-corrected chi connectivity index (χ3v) is 4.22. The van der Waals surface area contributed by atoms with Gasteiger partial charge in [-0.3, -0.25) is 4.79 Å². The summed E-state index contributed by atoms with van der Waals surface area (Å²) >= 11 is 0. The summed E-state index contributed by atoms with van der Waals surface area (Å²) in [4.78, 5) is 14.5. The van der Waals surface area contributed by atoms with Crippen LogP contribution < -0.4 is 19.7 Å². The maximum atomic E-state index is 12.3. The predicted molar refractivity (Wildman–Crippen MR) is 101 cm³/mol. The molecule has 0 saturated carbocycles. The highest BCUT2D eigenvalue weighted by Gasteiger charge is 2.15. The fourth-order valence-electron chi connectivity index (χ4n) is 2.78. The standard InChI is InChI=1S/C20H24N2O4/c1-15-3-6-17(7-4-15)26-14-20(23)21-18-13-16(5-8-19(18)24-2)22-9-11-25-12-10-22/h3-8,13H,9-12,14H2,1-2H3,(H,21,23). The smallest absolute Gasteiger partial charge is 0.262 e. The number of morpholine rings is 1. The van der Waals surface area contributed by atoms with Crippen LogP contribution in [-0.2, 0) is 9.53 Å². The van der Waals surface area contributed by atoms with Crippen LogP contribution in [0.15, 0.2) is 42.5 Å². The molecule has 26 heavy (non-hydrogen) atoms. The van der Waals surface area contributed by atoms with Crippen molar-refractivity contribution in [3.05, 3.63) is 48.0 Å². The van der Waals surface area contributed by atoms with Crippen molar-refractivity contribution in [3.8, 4) is 11.5 Å². The van der Waals surface area contributed by atoms with Gasteiger partial charge in [0.05, 0.1) is 26.0 Å². The summed E-state index contributed by atoms with van der Waals surface area (Å²) in [6.07, 6.45) is 0. The number of anilines is 2. The van der Waals surface area contributed by atoms with Crippen molar-refractivity contribution in [2.45, 2.75) is 6.92 Å². The van der Waals surface area contributed by atoms with E-state index in [4.69, 9.17) is 14.2 Å². The summed E-state index contributed by atoms with van der Waals surface area (Å²) in [7, 11) is 1.59. The van der Waals surface area contributed by atoms with E-state index in [1.54, 1.807) is 7.11 Å². The lowest BCUT2D eigenvalue weighted by Crippen LogP contribution is -2.36. The molecule has 0 spiro atoms. The second-order valence-corrected chi connectivity index (χ2v) is 6.13. The van der Waals surface area contributed by atoms with Crippen molar-refractivity contribution in [2.24, 2.45) is 0 Å². The minimum atomic E-state index is -0.233. The molecular weight excluding hydrogens is 332 g/mol. The van der Waals surface area contributed by atoms with Gasteiger partial charge in [-0.05, 0) is 37.3 Å². The van der Waals surface area contributed by atoms with E-state index in [2.05, 4.69) is 10.2 Å². The topological polar surface area (TPSA) is 60.0 Å². The van der Waals surface area contributed by atoms with Crippen molar-refractivity contribution in [1.29, 1.82) is 0 Å². The van der Waals surface area contributed by atoms with E-state index < -0.39 is 0 Å². The molecule has 0 atom stereocenters. The minimum Gasteiger partial charge on any atom is -0.495 e. The summed E-state index contributed by atoms with van der Waals surface area (Å²) in [6, 6.07) is 13.4. The van der Waals surface area contributed by atoms with Crippen molar-refractivity contribution < 1.29 is 19.0 Å². The van der Waals surface area contributed by atoms with Gasteiger partial charge in [0.15, 0.2) is 6.61 Å². The Labute approximate surface area is 153 Å². The van der Waals surface area contributed by atoms with Crippen LogP contribution in [0.3, 0.4) is 0 Å². The number of carbonyl (C=O) groups excluding carboxylic acids is 1. The molecule has 138 valence electrons. The van der Waals surface area contributed by atoms with Crippen LogP contribution in [0.5, 0.6) is 11.5 Å². The highest BCUT2D eigenvalue weighted by atomic mass is 16.5. The van der Waals surface area contributed by atoms with E-state index in [1.165, 1.54) is 0 Å². The van der Waals surface area contributed by atoms with E-state index in [-0.39, 0.29) is 12.5 Å². The second kappa shape index (κ2) is 8.58. The van der Waals surface area contributed by atoms with Crippen LogP contribution in [0.4, 0.5) is 11.4 Å². The number of rotatable bonds is 6. The fourth-order valence-corrected chi connectivity index (χ4v) is 2.78. The Morgan fingerprint density at radius 3 is 2.58 bits per heavy atom. The number of methoxy groups -OCH3 is 1. The zero-order valence-electron chi connectivity index (χ0n) is 15.2. The number of benzene rings is 2. The fraction of sp³-hybridized carbons (Fsp3) is 0.350. The van der Waals surface area contributed by atoms with E-state index in [0.717, 1.165) is 24.3 Å². The molecule has 1 heterocycles. The molecule has 1 fully saturated rings. The largest absolute Gasteiger partial charge is 0.495 e. The average molecular weight is 356 g/mol. The van der Waals surface area contributed by atoms with Crippen LogP contribution in [0, 0.1) is 6.92 Å². The first-order valence-electron chi connectivity index (χ1n) is 8.66. The van der Waals surface area contributed by atoms with Gasteiger partial charge in [0.25, 0.3) is 5.91 Å². The van der Waals surface area contributed by atoms with Gasteiger partial charge < -0.3 is 24.4 Å². The molecule has 0 aromatic heterocycles. The van der Waals surface area contributed by atoms with Crippen LogP contribution >= 0.6 is 0 Å². The SMILES string of the molecule is COc1ccc(N2CCOCC2)cc1NC(=O)COc1ccc(C)cc1. The Balaban J connectivity index is 1.64. The van der Waals surface area contributed by atoms with E-state index in [1.807, 2.05) is 49.4 Å². The van der Waals surface area contributed by atoms with Gasteiger partial charge in [-0.15, -0.1) is 0 Å². The highest BCUT2D eigenvalue weighted by molar-refractivity contribution is 5.94. The number of amides is 1. The van der Waals surface area contributed by atoms with Gasteiger partial charge in [-0.25, -0.2) is 0 Å². The molecule has 1 saturated heterocycles. The minimum absolute atomic E-state index is 0.0615. The molecule has 2 aromatic rings. The van der Waals surface area contributed by atoms with Crippen LogP contribution in [-0.4, -0.2) is 45.9 Å². The van der Waals surface area contributed by atoms with E-state index >= 15 is 0 Å². The Kier molecular flexibility index (Phi) is 5.96. The summed E-state index contributed by atoms with van der Waals surface area (Å²) in [5.41, 5.74) is 2.81.